The highest BCUT2D eigenvalue weighted by atomic mass is 16.5. The average molecular weight is 281 g/mol. The average Bonchev–Trinajstić information content (AvgIpc) is 2.97. The van der Waals surface area contributed by atoms with Crippen LogP contribution in [-0.2, 0) is 16.1 Å². The lowest BCUT2D eigenvalue weighted by Crippen LogP contribution is -2.42. The van der Waals surface area contributed by atoms with Gasteiger partial charge in [0.25, 0.3) is 0 Å². The second kappa shape index (κ2) is 8.04. The Bertz CT molecular complexity index is 388. The summed E-state index contributed by atoms with van der Waals surface area (Å²) in [5.74, 6) is 0.792. The lowest BCUT2D eigenvalue weighted by atomic mass is 10.4. The first kappa shape index (κ1) is 15.0. The quantitative estimate of drug-likeness (QED) is 0.771. The number of morpholine rings is 1. The monoisotopic (exact) mass is 281 g/mol. The van der Waals surface area contributed by atoms with Gasteiger partial charge in [-0.3, -0.25) is 14.6 Å². The van der Waals surface area contributed by atoms with Gasteiger partial charge in [-0.05, 0) is 19.2 Å². The molecule has 112 valence electrons. The van der Waals surface area contributed by atoms with Crippen LogP contribution in [0.4, 0.5) is 0 Å². The molecule has 1 fully saturated rings. The number of amides is 1. The third-order valence-corrected chi connectivity index (χ3v) is 3.36. The van der Waals surface area contributed by atoms with Crippen molar-refractivity contribution in [3.05, 3.63) is 24.2 Å². The van der Waals surface area contributed by atoms with E-state index in [4.69, 9.17) is 9.15 Å². The molecule has 6 nitrogen and oxygen atoms in total. The van der Waals surface area contributed by atoms with Gasteiger partial charge in [0.1, 0.15) is 5.76 Å². The third kappa shape index (κ3) is 5.32. The van der Waals surface area contributed by atoms with Crippen LogP contribution >= 0.6 is 0 Å². The fraction of sp³-hybridized carbons (Fsp3) is 0.643. The molecule has 1 aliphatic rings. The Hall–Kier alpha value is -1.37. The molecule has 0 unspecified atom stereocenters. The summed E-state index contributed by atoms with van der Waals surface area (Å²) >= 11 is 0. The van der Waals surface area contributed by atoms with Gasteiger partial charge in [0.05, 0.1) is 32.6 Å². The summed E-state index contributed by atoms with van der Waals surface area (Å²) in [5.41, 5.74) is 0. The summed E-state index contributed by atoms with van der Waals surface area (Å²) < 4.78 is 10.5. The van der Waals surface area contributed by atoms with Crippen molar-refractivity contribution in [1.29, 1.82) is 0 Å². The maximum absolute atomic E-state index is 11.8. The summed E-state index contributed by atoms with van der Waals surface area (Å²) in [7, 11) is 1.97. The van der Waals surface area contributed by atoms with Crippen molar-refractivity contribution in [2.24, 2.45) is 0 Å². The predicted octanol–water partition coefficient (Wildman–Crippen LogP) is 0.160. The van der Waals surface area contributed by atoms with Crippen molar-refractivity contribution in [2.75, 3.05) is 53.0 Å². The molecule has 0 aromatic carbocycles. The molecule has 0 radical (unpaired) electrons. The van der Waals surface area contributed by atoms with Gasteiger partial charge in [0.2, 0.25) is 5.91 Å². The first-order chi connectivity index (χ1) is 9.74. The number of nitrogens with one attached hydrogen (secondary N) is 1. The smallest absolute Gasteiger partial charge is 0.234 e. The molecule has 2 rings (SSSR count). The topological polar surface area (TPSA) is 58.0 Å². The number of carbonyl (C=O) groups is 1. The lowest BCUT2D eigenvalue weighted by Gasteiger charge is -2.28. The SMILES string of the molecule is CN(CCN1CCOCC1)CC(=O)NCc1ccco1. The second-order valence-corrected chi connectivity index (χ2v) is 5.05. The van der Waals surface area contributed by atoms with Crippen LogP contribution in [-0.4, -0.2) is 68.7 Å². The van der Waals surface area contributed by atoms with Gasteiger partial charge in [-0.1, -0.05) is 0 Å². The molecule has 1 saturated heterocycles. The summed E-state index contributed by atoms with van der Waals surface area (Å²) in [5, 5.41) is 2.85. The van der Waals surface area contributed by atoms with E-state index in [2.05, 4.69) is 10.2 Å². The van der Waals surface area contributed by atoms with Crippen LogP contribution < -0.4 is 5.32 Å². The van der Waals surface area contributed by atoms with E-state index in [0.29, 0.717) is 13.1 Å². The predicted molar refractivity (Wildman–Crippen MR) is 75.3 cm³/mol. The zero-order valence-electron chi connectivity index (χ0n) is 12.0. The van der Waals surface area contributed by atoms with Gasteiger partial charge in [-0.2, -0.15) is 0 Å². The van der Waals surface area contributed by atoms with Crippen molar-refractivity contribution in [1.82, 2.24) is 15.1 Å². The van der Waals surface area contributed by atoms with Crippen molar-refractivity contribution in [3.8, 4) is 0 Å². The molecule has 20 heavy (non-hydrogen) atoms. The Morgan fingerprint density at radius 2 is 2.25 bits per heavy atom. The normalized spacial score (nSPS) is 16.5. The Labute approximate surface area is 119 Å². The van der Waals surface area contributed by atoms with Crippen molar-refractivity contribution >= 4 is 5.91 Å². The zero-order chi connectivity index (χ0) is 14.2. The largest absolute Gasteiger partial charge is 0.467 e. The molecule has 2 heterocycles. The molecule has 1 aliphatic heterocycles. The van der Waals surface area contributed by atoms with Crippen molar-refractivity contribution in [2.45, 2.75) is 6.54 Å². The number of hydrogen-bond acceptors (Lipinski definition) is 5. The van der Waals surface area contributed by atoms with Gasteiger partial charge in [0, 0.05) is 26.2 Å². The Kier molecular flexibility index (Phi) is 6.04. The van der Waals surface area contributed by atoms with E-state index in [-0.39, 0.29) is 5.91 Å². The molecule has 1 N–H and O–H groups in total. The van der Waals surface area contributed by atoms with Crippen LogP contribution in [0.3, 0.4) is 0 Å². The summed E-state index contributed by atoms with van der Waals surface area (Å²) in [6.07, 6.45) is 1.61. The maximum atomic E-state index is 11.8. The number of rotatable bonds is 7. The Balaban J connectivity index is 1.58. The minimum absolute atomic E-state index is 0.0193. The molecule has 1 aromatic heterocycles. The summed E-state index contributed by atoms with van der Waals surface area (Å²) in [4.78, 5) is 16.2. The molecule has 6 heteroatoms. The van der Waals surface area contributed by atoms with Crippen molar-refractivity contribution < 1.29 is 13.9 Å². The Morgan fingerprint density at radius 1 is 1.45 bits per heavy atom. The van der Waals surface area contributed by atoms with E-state index in [1.807, 2.05) is 24.1 Å². The van der Waals surface area contributed by atoms with E-state index in [9.17, 15) is 4.79 Å². The first-order valence-corrected chi connectivity index (χ1v) is 7.02. The van der Waals surface area contributed by atoms with Crippen LogP contribution in [0.2, 0.25) is 0 Å². The van der Waals surface area contributed by atoms with Crippen LogP contribution in [0.1, 0.15) is 5.76 Å². The van der Waals surface area contributed by atoms with Crippen LogP contribution in [0.25, 0.3) is 0 Å². The van der Waals surface area contributed by atoms with E-state index in [1.165, 1.54) is 0 Å². The molecular formula is C14H23N3O3. The minimum atomic E-state index is 0.0193. The second-order valence-electron chi connectivity index (χ2n) is 5.05. The van der Waals surface area contributed by atoms with Crippen LogP contribution in [0, 0.1) is 0 Å². The highest BCUT2D eigenvalue weighted by Gasteiger charge is 2.12. The fourth-order valence-electron chi connectivity index (χ4n) is 2.12. The summed E-state index contributed by atoms with van der Waals surface area (Å²) in [6, 6.07) is 3.67. The van der Waals surface area contributed by atoms with Gasteiger partial charge in [-0.25, -0.2) is 0 Å². The van der Waals surface area contributed by atoms with Gasteiger partial charge < -0.3 is 14.5 Å². The number of ether oxygens (including phenoxy) is 1. The molecule has 0 aliphatic carbocycles. The first-order valence-electron chi connectivity index (χ1n) is 7.02. The highest BCUT2D eigenvalue weighted by molar-refractivity contribution is 5.77. The molecule has 0 bridgehead atoms. The molecule has 1 amide bonds. The number of nitrogens with zero attached hydrogens (tertiary/aromatic N) is 2. The van der Waals surface area contributed by atoms with E-state index < -0.39 is 0 Å². The number of hydrogen-bond donors (Lipinski definition) is 1. The number of likely N-dealkylation sites (N-methyl/N-ethyl adjacent to an activating group) is 1. The maximum Gasteiger partial charge on any atom is 0.234 e. The van der Waals surface area contributed by atoms with Crippen LogP contribution in [0.5, 0.6) is 0 Å². The van der Waals surface area contributed by atoms with Gasteiger partial charge >= 0.3 is 0 Å². The lowest BCUT2D eigenvalue weighted by molar-refractivity contribution is -0.122. The van der Waals surface area contributed by atoms with Crippen LogP contribution in [0.15, 0.2) is 22.8 Å². The van der Waals surface area contributed by atoms with Gasteiger partial charge in [0.15, 0.2) is 0 Å². The highest BCUT2D eigenvalue weighted by Crippen LogP contribution is 1.99. The summed E-state index contributed by atoms with van der Waals surface area (Å²) in [6.45, 7) is 6.31. The molecular weight excluding hydrogens is 258 g/mol. The van der Waals surface area contributed by atoms with Gasteiger partial charge in [-0.15, -0.1) is 0 Å². The van der Waals surface area contributed by atoms with Crippen molar-refractivity contribution in [3.63, 3.8) is 0 Å². The van der Waals surface area contributed by atoms with E-state index in [0.717, 1.165) is 45.2 Å². The van der Waals surface area contributed by atoms with E-state index in [1.54, 1.807) is 6.26 Å². The molecule has 0 spiro atoms. The third-order valence-electron chi connectivity index (χ3n) is 3.36. The molecule has 1 aromatic rings. The number of furan rings is 1. The zero-order valence-corrected chi connectivity index (χ0v) is 12.0. The van der Waals surface area contributed by atoms with E-state index >= 15 is 0 Å². The Morgan fingerprint density at radius 3 is 2.95 bits per heavy atom. The fourth-order valence-corrected chi connectivity index (χ4v) is 2.12. The molecule has 0 atom stereocenters. The standard InChI is InChI=1S/C14H23N3O3/c1-16(4-5-17-6-9-19-10-7-17)12-14(18)15-11-13-3-2-8-20-13/h2-3,8H,4-7,9-12H2,1H3,(H,15,18). The number of carbonyl (C=O) groups excluding carboxylic acids is 1. The molecule has 0 saturated carbocycles. The minimum Gasteiger partial charge on any atom is -0.467 e.